The molecule has 0 heterocycles. The number of hydrogen-bond donors (Lipinski definition) is 2. The third-order valence-electron chi connectivity index (χ3n) is 3.23. The van der Waals surface area contributed by atoms with Crippen molar-refractivity contribution in [2.75, 3.05) is 0 Å². The van der Waals surface area contributed by atoms with E-state index in [4.69, 9.17) is 5.84 Å². The third kappa shape index (κ3) is 4.06. The van der Waals surface area contributed by atoms with Crippen molar-refractivity contribution in [3.05, 3.63) is 69.4 Å². The Morgan fingerprint density at radius 1 is 1.05 bits per heavy atom. The number of hydrogen-bond acceptors (Lipinski definition) is 2. The van der Waals surface area contributed by atoms with Crippen LogP contribution in [0.2, 0.25) is 0 Å². The maximum absolute atomic E-state index is 13.7. The zero-order chi connectivity index (χ0) is 15.4. The Bertz CT molecular complexity index is 614. The van der Waals surface area contributed by atoms with Gasteiger partial charge in [0.15, 0.2) is 0 Å². The van der Waals surface area contributed by atoms with Gasteiger partial charge in [0.2, 0.25) is 0 Å². The van der Waals surface area contributed by atoms with E-state index in [0.29, 0.717) is 10.9 Å². The van der Waals surface area contributed by atoms with Crippen LogP contribution in [0.5, 0.6) is 0 Å². The Morgan fingerprint density at radius 3 is 2.29 bits per heavy atom. The molecule has 21 heavy (non-hydrogen) atoms. The molecule has 112 valence electrons. The highest BCUT2D eigenvalue weighted by molar-refractivity contribution is 9.10. The van der Waals surface area contributed by atoms with E-state index in [-0.39, 0.29) is 23.8 Å². The molecule has 0 saturated heterocycles. The summed E-state index contributed by atoms with van der Waals surface area (Å²) in [6, 6.07) is 7.64. The van der Waals surface area contributed by atoms with Gasteiger partial charge >= 0.3 is 0 Å². The highest BCUT2D eigenvalue weighted by Crippen LogP contribution is 2.21. The van der Waals surface area contributed by atoms with Crippen LogP contribution in [0.15, 0.2) is 40.9 Å². The van der Waals surface area contributed by atoms with E-state index in [2.05, 4.69) is 21.4 Å². The summed E-state index contributed by atoms with van der Waals surface area (Å²) in [5, 5.41) is 0. The zero-order valence-corrected chi connectivity index (χ0v) is 12.6. The lowest BCUT2D eigenvalue weighted by atomic mass is 9.99. The Balaban J connectivity index is 2.17. The van der Waals surface area contributed by atoms with Crippen molar-refractivity contribution in [2.24, 2.45) is 5.84 Å². The van der Waals surface area contributed by atoms with Crippen LogP contribution in [0, 0.1) is 17.5 Å². The molecule has 0 bridgehead atoms. The number of hydrazine groups is 1. The zero-order valence-electron chi connectivity index (χ0n) is 11.0. The van der Waals surface area contributed by atoms with E-state index in [1.807, 2.05) is 0 Å². The molecule has 2 rings (SSSR count). The van der Waals surface area contributed by atoms with Crippen molar-refractivity contribution in [1.82, 2.24) is 5.43 Å². The molecule has 6 heteroatoms. The Labute approximate surface area is 129 Å². The minimum absolute atomic E-state index is 0.0151. The van der Waals surface area contributed by atoms with Gasteiger partial charge in [0.05, 0.1) is 0 Å². The van der Waals surface area contributed by atoms with E-state index >= 15 is 0 Å². The summed E-state index contributed by atoms with van der Waals surface area (Å²) in [6.45, 7) is 0. The van der Waals surface area contributed by atoms with E-state index in [1.54, 1.807) is 6.07 Å². The van der Waals surface area contributed by atoms with Crippen molar-refractivity contribution >= 4 is 15.9 Å². The summed E-state index contributed by atoms with van der Waals surface area (Å²) >= 11 is 3.26. The van der Waals surface area contributed by atoms with Gasteiger partial charge in [0.25, 0.3) is 0 Å². The number of benzene rings is 2. The maximum atomic E-state index is 13.7. The van der Waals surface area contributed by atoms with Crippen LogP contribution in [0.3, 0.4) is 0 Å². The number of nitrogens with two attached hydrogens (primary N) is 1. The summed E-state index contributed by atoms with van der Waals surface area (Å²) in [5.41, 5.74) is 3.33. The number of rotatable bonds is 5. The molecule has 1 unspecified atom stereocenters. The lowest BCUT2D eigenvalue weighted by Crippen LogP contribution is -2.39. The van der Waals surface area contributed by atoms with Crippen molar-refractivity contribution in [1.29, 1.82) is 0 Å². The summed E-state index contributed by atoms with van der Waals surface area (Å²) in [5.74, 6) is 3.90. The maximum Gasteiger partial charge on any atom is 0.129 e. The van der Waals surface area contributed by atoms with Gasteiger partial charge in [0, 0.05) is 16.1 Å². The van der Waals surface area contributed by atoms with E-state index < -0.39 is 11.6 Å². The van der Waals surface area contributed by atoms with Gasteiger partial charge in [-0.25, -0.2) is 13.2 Å². The summed E-state index contributed by atoms with van der Waals surface area (Å²) in [7, 11) is 0. The summed E-state index contributed by atoms with van der Waals surface area (Å²) in [6.07, 6.45) is 0.504. The van der Waals surface area contributed by atoms with E-state index in [0.717, 1.165) is 5.56 Å². The molecule has 0 radical (unpaired) electrons. The summed E-state index contributed by atoms with van der Waals surface area (Å²) < 4.78 is 40.9. The molecule has 0 aliphatic heterocycles. The first-order chi connectivity index (χ1) is 10.0. The van der Waals surface area contributed by atoms with Gasteiger partial charge in [-0.2, -0.15) is 0 Å². The van der Waals surface area contributed by atoms with Crippen LogP contribution < -0.4 is 11.3 Å². The molecule has 0 spiro atoms. The highest BCUT2D eigenvalue weighted by atomic mass is 79.9. The molecular formula is C15H14BrF3N2. The lowest BCUT2D eigenvalue weighted by molar-refractivity contribution is 0.483. The van der Waals surface area contributed by atoms with Crippen LogP contribution in [0.4, 0.5) is 13.2 Å². The number of halogens is 4. The van der Waals surface area contributed by atoms with Gasteiger partial charge in [-0.15, -0.1) is 0 Å². The molecule has 0 aliphatic carbocycles. The van der Waals surface area contributed by atoms with Gasteiger partial charge in [-0.05, 0) is 42.7 Å². The van der Waals surface area contributed by atoms with Gasteiger partial charge < -0.3 is 0 Å². The van der Waals surface area contributed by atoms with Gasteiger partial charge in [-0.3, -0.25) is 11.3 Å². The second-order valence-electron chi connectivity index (χ2n) is 4.71. The van der Waals surface area contributed by atoms with Crippen molar-refractivity contribution in [3.8, 4) is 0 Å². The van der Waals surface area contributed by atoms with Crippen LogP contribution in [-0.2, 0) is 12.8 Å². The fourth-order valence-corrected chi connectivity index (χ4v) is 2.63. The first kappa shape index (κ1) is 16.0. The smallest absolute Gasteiger partial charge is 0.129 e. The first-order valence-electron chi connectivity index (χ1n) is 6.34. The topological polar surface area (TPSA) is 38.0 Å². The van der Waals surface area contributed by atoms with Crippen LogP contribution in [0.25, 0.3) is 0 Å². The molecule has 2 aromatic rings. The van der Waals surface area contributed by atoms with Crippen LogP contribution in [-0.4, -0.2) is 6.04 Å². The molecule has 0 aromatic heterocycles. The van der Waals surface area contributed by atoms with Crippen molar-refractivity contribution in [2.45, 2.75) is 18.9 Å². The highest BCUT2D eigenvalue weighted by Gasteiger charge is 2.16. The minimum Gasteiger partial charge on any atom is -0.271 e. The van der Waals surface area contributed by atoms with E-state index in [9.17, 15) is 13.2 Å². The quantitative estimate of drug-likeness (QED) is 0.634. The average Bonchev–Trinajstić information content (AvgIpc) is 2.44. The largest absolute Gasteiger partial charge is 0.271 e. The lowest BCUT2D eigenvalue weighted by Gasteiger charge is -2.17. The molecule has 0 fully saturated rings. The van der Waals surface area contributed by atoms with Gasteiger partial charge in [0.1, 0.15) is 17.5 Å². The Morgan fingerprint density at radius 2 is 1.71 bits per heavy atom. The third-order valence-corrected chi connectivity index (χ3v) is 3.97. The predicted octanol–water partition coefficient (Wildman–Crippen LogP) is 3.48. The fourth-order valence-electron chi connectivity index (χ4n) is 2.12. The fraction of sp³-hybridized carbons (Fsp3) is 0.200. The predicted molar refractivity (Wildman–Crippen MR) is 79.0 cm³/mol. The molecule has 2 nitrogen and oxygen atoms in total. The SMILES string of the molecule is NNC(Cc1ccc(F)cc1Br)Cc1c(F)cccc1F. The second-order valence-corrected chi connectivity index (χ2v) is 5.56. The standard InChI is InChI=1S/C15H14BrF3N2/c16-13-7-10(17)5-4-9(13)6-11(21-20)8-12-14(18)2-1-3-15(12)19/h1-5,7,11,21H,6,8,20H2. The monoisotopic (exact) mass is 358 g/mol. The first-order valence-corrected chi connectivity index (χ1v) is 7.13. The van der Waals surface area contributed by atoms with Crippen LogP contribution >= 0.6 is 15.9 Å². The summed E-state index contributed by atoms with van der Waals surface area (Å²) in [4.78, 5) is 0. The molecule has 3 N–H and O–H groups in total. The molecule has 2 aromatic carbocycles. The molecule has 0 amide bonds. The normalized spacial score (nSPS) is 12.4. The molecule has 0 aliphatic rings. The van der Waals surface area contributed by atoms with Gasteiger partial charge in [-0.1, -0.05) is 28.1 Å². The Hall–Kier alpha value is -1.37. The second kappa shape index (κ2) is 7.06. The van der Waals surface area contributed by atoms with E-state index in [1.165, 1.54) is 30.3 Å². The number of nitrogens with one attached hydrogen (secondary N) is 1. The molecular weight excluding hydrogens is 345 g/mol. The Kier molecular flexibility index (Phi) is 5.39. The average molecular weight is 359 g/mol. The van der Waals surface area contributed by atoms with Crippen LogP contribution in [0.1, 0.15) is 11.1 Å². The van der Waals surface area contributed by atoms with Crippen molar-refractivity contribution < 1.29 is 13.2 Å². The molecule has 1 atom stereocenters. The van der Waals surface area contributed by atoms with Crippen molar-refractivity contribution in [3.63, 3.8) is 0 Å². The minimum atomic E-state index is -0.603. The molecule has 0 saturated carbocycles.